The third-order valence-electron chi connectivity index (χ3n) is 4.16. The predicted octanol–water partition coefficient (Wildman–Crippen LogP) is 2.66. The van der Waals surface area contributed by atoms with E-state index in [-0.39, 0.29) is 12.5 Å². The zero-order valence-corrected chi connectivity index (χ0v) is 15.0. The molecule has 0 spiro atoms. The first-order chi connectivity index (χ1) is 11.7. The minimum atomic E-state index is 0.0331. The average Bonchev–Trinajstić information content (AvgIpc) is 2.61. The molecule has 0 radical (unpaired) electrons. The van der Waals surface area contributed by atoms with Crippen LogP contribution in [0.5, 0.6) is 11.5 Å². The highest BCUT2D eigenvalue weighted by atomic mass is 16.5. The number of carbonyl (C=O) groups excluding carboxylic acids is 1. The fraction of sp³-hybridized carbons (Fsp3) is 0.526. The van der Waals surface area contributed by atoms with Gasteiger partial charge >= 0.3 is 0 Å². The molecule has 1 aromatic carbocycles. The first kappa shape index (κ1) is 18.3. The summed E-state index contributed by atoms with van der Waals surface area (Å²) in [5.74, 6) is 1.28. The average molecular weight is 332 g/mol. The van der Waals surface area contributed by atoms with Crippen LogP contribution in [0.15, 0.2) is 24.3 Å². The van der Waals surface area contributed by atoms with E-state index < -0.39 is 0 Å². The molecule has 0 aliphatic carbocycles. The summed E-state index contributed by atoms with van der Waals surface area (Å²) in [5, 5.41) is 0. The number of piperazine rings is 1. The number of carbonyl (C=O) groups is 1. The molecule has 1 saturated heterocycles. The summed E-state index contributed by atoms with van der Waals surface area (Å²) in [7, 11) is 1.61. The minimum absolute atomic E-state index is 0.0331. The highest BCUT2D eigenvalue weighted by molar-refractivity contribution is 5.78. The van der Waals surface area contributed by atoms with E-state index in [1.54, 1.807) is 7.11 Å². The van der Waals surface area contributed by atoms with Crippen molar-refractivity contribution in [1.29, 1.82) is 0 Å². The standard InChI is InChI=1S/C19H28N2O3/c1-4-6-16-7-8-17(18(14-16)23-3)24-15-19(22)21-12-10-20(9-5-2)11-13-21/h4,6-8,14H,5,9-13,15H2,1-3H3/b6-4+. The largest absolute Gasteiger partial charge is 0.493 e. The lowest BCUT2D eigenvalue weighted by atomic mass is 10.2. The second-order valence-electron chi connectivity index (χ2n) is 5.92. The van der Waals surface area contributed by atoms with Gasteiger partial charge in [-0.15, -0.1) is 0 Å². The number of rotatable bonds is 7. The van der Waals surface area contributed by atoms with Crippen LogP contribution in [0.2, 0.25) is 0 Å². The Kier molecular flexibility index (Phi) is 7.12. The fourth-order valence-electron chi connectivity index (χ4n) is 2.87. The molecule has 5 heteroatoms. The third-order valence-corrected chi connectivity index (χ3v) is 4.16. The Bertz CT molecular complexity index is 564. The number of benzene rings is 1. The Morgan fingerprint density at radius 1 is 1.21 bits per heavy atom. The molecule has 1 aromatic rings. The molecule has 1 aliphatic heterocycles. The van der Waals surface area contributed by atoms with E-state index in [4.69, 9.17) is 9.47 Å². The van der Waals surface area contributed by atoms with E-state index in [1.807, 2.05) is 42.2 Å². The normalized spacial score (nSPS) is 15.7. The van der Waals surface area contributed by atoms with E-state index in [0.717, 1.165) is 44.7 Å². The Labute approximate surface area is 144 Å². The van der Waals surface area contributed by atoms with Crippen molar-refractivity contribution < 1.29 is 14.3 Å². The summed E-state index contributed by atoms with van der Waals surface area (Å²) >= 11 is 0. The second-order valence-corrected chi connectivity index (χ2v) is 5.92. The quantitative estimate of drug-likeness (QED) is 0.770. The molecule has 0 bridgehead atoms. The highest BCUT2D eigenvalue weighted by Crippen LogP contribution is 2.28. The zero-order chi connectivity index (χ0) is 17.4. The Morgan fingerprint density at radius 3 is 2.58 bits per heavy atom. The minimum Gasteiger partial charge on any atom is -0.493 e. The van der Waals surface area contributed by atoms with Crippen LogP contribution in [-0.2, 0) is 4.79 Å². The van der Waals surface area contributed by atoms with Gasteiger partial charge in [-0.05, 0) is 37.6 Å². The van der Waals surface area contributed by atoms with Crippen LogP contribution in [0.1, 0.15) is 25.8 Å². The van der Waals surface area contributed by atoms with Gasteiger partial charge in [0.05, 0.1) is 7.11 Å². The van der Waals surface area contributed by atoms with E-state index in [1.165, 1.54) is 0 Å². The van der Waals surface area contributed by atoms with Crippen LogP contribution in [0.3, 0.4) is 0 Å². The number of methoxy groups -OCH3 is 1. The van der Waals surface area contributed by atoms with E-state index in [9.17, 15) is 4.79 Å². The maximum absolute atomic E-state index is 12.3. The van der Waals surface area contributed by atoms with Crippen molar-refractivity contribution in [3.05, 3.63) is 29.8 Å². The molecule has 2 rings (SSSR count). The van der Waals surface area contributed by atoms with Crippen molar-refractivity contribution in [1.82, 2.24) is 9.80 Å². The number of amides is 1. The lowest BCUT2D eigenvalue weighted by Gasteiger charge is -2.34. The molecule has 1 amide bonds. The van der Waals surface area contributed by atoms with Gasteiger partial charge in [-0.1, -0.05) is 25.1 Å². The van der Waals surface area contributed by atoms with Gasteiger partial charge in [-0.3, -0.25) is 9.69 Å². The van der Waals surface area contributed by atoms with Crippen LogP contribution in [0, 0.1) is 0 Å². The number of hydrogen-bond donors (Lipinski definition) is 0. The SMILES string of the molecule is C/C=C/c1ccc(OCC(=O)N2CCN(CCC)CC2)c(OC)c1. The van der Waals surface area contributed by atoms with Crippen LogP contribution < -0.4 is 9.47 Å². The molecule has 1 aliphatic rings. The smallest absolute Gasteiger partial charge is 0.260 e. The van der Waals surface area contributed by atoms with Crippen LogP contribution in [-0.4, -0.2) is 62.1 Å². The van der Waals surface area contributed by atoms with Gasteiger partial charge in [0.1, 0.15) is 0 Å². The highest BCUT2D eigenvalue weighted by Gasteiger charge is 2.21. The molecule has 0 aromatic heterocycles. The van der Waals surface area contributed by atoms with Crippen molar-refractivity contribution in [2.45, 2.75) is 20.3 Å². The molecule has 0 unspecified atom stereocenters. The molecule has 24 heavy (non-hydrogen) atoms. The summed E-state index contributed by atoms with van der Waals surface area (Å²) in [6.07, 6.45) is 5.12. The van der Waals surface area contributed by atoms with Crippen molar-refractivity contribution in [2.24, 2.45) is 0 Å². The van der Waals surface area contributed by atoms with E-state index in [2.05, 4.69) is 11.8 Å². The third kappa shape index (κ3) is 4.99. The van der Waals surface area contributed by atoms with Gasteiger partial charge in [0.2, 0.25) is 0 Å². The Balaban J connectivity index is 1.88. The van der Waals surface area contributed by atoms with Crippen LogP contribution in [0.25, 0.3) is 6.08 Å². The first-order valence-corrected chi connectivity index (χ1v) is 8.61. The molecule has 1 fully saturated rings. The monoisotopic (exact) mass is 332 g/mol. The van der Waals surface area contributed by atoms with Crippen molar-refractivity contribution in [2.75, 3.05) is 46.4 Å². The predicted molar refractivity (Wildman–Crippen MR) is 96.5 cm³/mol. The summed E-state index contributed by atoms with van der Waals surface area (Å²) in [6, 6.07) is 5.70. The summed E-state index contributed by atoms with van der Waals surface area (Å²) in [6.45, 7) is 8.75. The van der Waals surface area contributed by atoms with Crippen LogP contribution >= 0.6 is 0 Å². The number of ether oxygens (including phenoxy) is 2. The number of hydrogen-bond acceptors (Lipinski definition) is 4. The van der Waals surface area contributed by atoms with Gasteiger partial charge in [0.15, 0.2) is 18.1 Å². The summed E-state index contributed by atoms with van der Waals surface area (Å²) in [4.78, 5) is 16.6. The number of allylic oxidation sites excluding steroid dienone is 1. The molecular formula is C19H28N2O3. The first-order valence-electron chi connectivity index (χ1n) is 8.61. The van der Waals surface area contributed by atoms with Crippen molar-refractivity contribution in [3.8, 4) is 11.5 Å². The molecule has 132 valence electrons. The van der Waals surface area contributed by atoms with Crippen molar-refractivity contribution in [3.63, 3.8) is 0 Å². The van der Waals surface area contributed by atoms with Gasteiger partial charge in [0.25, 0.3) is 5.91 Å². The van der Waals surface area contributed by atoms with Gasteiger partial charge in [-0.25, -0.2) is 0 Å². The van der Waals surface area contributed by atoms with Crippen LogP contribution in [0.4, 0.5) is 0 Å². The van der Waals surface area contributed by atoms with Gasteiger partial charge in [0, 0.05) is 26.2 Å². The lowest BCUT2D eigenvalue weighted by molar-refractivity contribution is -0.135. The Hall–Kier alpha value is -2.01. The maximum atomic E-state index is 12.3. The second kappa shape index (κ2) is 9.33. The molecule has 5 nitrogen and oxygen atoms in total. The zero-order valence-electron chi connectivity index (χ0n) is 15.0. The molecule has 0 N–H and O–H groups in total. The lowest BCUT2D eigenvalue weighted by Crippen LogP contribution is -2.50. The summed E-state index contributed by atoms with van der Waals surface area (Å²) in [5.41, 5.74) is 1.04. The van der Waals surface area contributed by atoms with E-state index in [0.29, 0.717) is 11.5 Å². The molecule has 1 heterocycles. The molecule has 0 saturated carbocycles. The van der Waals surface area contributed by atoms with Crippen molar-refractivity contribution >= 4 is 12.0 Å². The van der Waals surface area contributed by atoms with Gasteiger partial charge < -0.3 is 14.4 Å². The topological polar surface area (TPSA) is 42.0 Å². The maximum Gasteiger partial charge on any atom is 0.260 e. The Morgan fingerprint density at radius 2 is 1.96 bits per heavy atom. The fourth-order valence-corrected chi connectivity index (χ4v) is 2.87. The molecular weight excluding hydrogens is 304 g/mol. The van der Waals surface area contributed by atoms with E-state index >= 15 is 0 Å². The van der Waals surface area contributed by atoms with Gasteiger partial charge in [-0.2, -0.15) is 0 Å². The number of nitrogens with zero attached hydrogens (tertiary/aromatic N) is 2. The molecule has 0 atom stereocenters. The summed E-state index contributed by atoms with van der Waals surface area (Å²) < 4.78 is 11.1.